The van der Waals surface area contributed by atoms with Gasteiger partial charge in [-0.05, 0) is 12.1 Å². The fourth-order valence-electron chi connectivity index (χ4n) is 2.25. The van der Waals surface area contributed by atoms with Crippen molar-refractivity contribution >= 4 is 37.0 Å². The summed E-state index contributed by atoms with van der Waals surface area (Å²) in [5.41, 5.74) is 0. The van der Waals surface area contributed by atoms with Gasteiger partial charge in [-0.1, -0.05) is 0 Å². The molecule has 1 amide bonds. The van der Waals surface area contributed by atoms with Crippen molar-refractivity contribution in [3.05, 3.63) is 17.0 Å². The van der Waals surface area contributed by atoms with E-state index in [1.165, 1.54) is 6.07 Å². The Balaban J connectivity index is 2.01. The minimum Gasteiger partial charge on any atom is -0.377 e. The van der Waals surface area contributed by atoms with Gasteiger partial charge in [0.05, 0.1) is 6.42 Å². The van der Waals surface area contributed by atoms with E-state index >= 15 is 0 Å². The standard InChI is InChI=1S/C12H16ClNO5S2/c1-18-9-6-14(7-10(9)19-2)11(15)5-8-3-4-12(20-8)21(13,16)17/h3-4,9-10H,5-7H2,1-2H3. The van der Waals surface area contributed by atoms with E-state index in [0.29, 0.717) is 18.0 Å². The lowest BCUT2D eigenvalue weighted by Gasteiger charge is -2.15. The Morgan fingerprint density at radius 3 is 2.33 bits per heavy atom. The second kappa shape index (κ2) is 6.62. The summed E-state index contributed by atoms with van der Waals surface area (Å²) in [4.78, 5) is 14.6. The molecule has 2 rings (SSSR count). The first-order valence-electron chi connectivity index (χ1n) is 6.22. The number of methoxy groups -OCH3 is 2. The van der Waals surface area contributed by atoms with Crippen molar-refractivity contribution in [3.8, 4) is 0 Å². The second-order valence-electron chi connectivity index (χ2n) is 4.68. The van der Waals surface area contributed by atoms with E-state index in [9.17, 15) is 13.2 Å². The van der Waals surface area contributed by atoms with E-state index in [0.717, 1.165) is 11.3 Å². The van der Waals surface area contributed by atoms with Crippen LogP contribution in [0.5, 0.6) is 0 Å². The van der Waals surface area contributed by atoms with Crippen molar-refractivity contribution < 1.29 is 22.7 Å². The Morgan fingerprint density at radius 1 is 1.33 bits per heavy atom. The van der Waals surface area contributed by atoms with Crippen LogP contribution < -0.4 is 0 Å². The molecule has 2 unspecified atom stereocenters. The number of thiophene rings is 1. The van der Waals surface area contributed by atoms with E-state index < -0.39 is 9.05 Å². The number of halogens is 1. The molecule has 1 aromatic heterocycles. The minimum absolute atomic E-state index is 0.0536. The van der Waals surface area contributed by atoms with Crippen molar-refractivity contribution in [2.24, 2.45) is 0 Å². The van der Waals surface area contributed by atoms with Gasteiger partial charge < -0.3 is 14.4 Å². The Hall–Kier alpha value is -0.670. The Kier molecular flexibility index (Phi) is 5.26. The number of hydrogen-bond acceptors (Lipinski definition) is 6. The molecule has 0 aliphatic carbocycles. The van der Waals surface area contributed by atoms with Crippen LogP contribution in [-0.2, 0) is 29.7 Å². The summed E-state index contributed by atoms with van der Waals surface area (Å²) in [6.07, 6.45) is -0.133. The molecule has 2 atom stereocenters. The second-order valence-corrected chi connectivity index (χ2v) is 8.64. The predicted molar refractivity (Wildman–Crippen MR) is 79.2 cm³/mol. The van der Waals surface area contributed by atoms with Crippen LogP contribution in [0.25, 0.3) is 0 Å². The van der Waals surface area contributed by atoms with E-state index in [2.05, 4.69) is 0 Å². The third-order valence-corrected chi connectivity index (χ3v) is 6.55. The summed E-state index contributed by atoms with van der Waals surface area (Å²) >= 11 is 1.01. The van der Waals surface area contributed by atoms with Crippen LogP contribution in [0.3, 0.4) is 0 Å². The summed E-state index contributed by atoms with van der Waals surface area (Å²) in [5.74, 6) is -0.0861. The molecule has 1 aromatic rings. The largest absolute Gasteiger partial charge is 0.377 e. The van der Waals surface area contributed by atoms with E-state index in [4.69, 9.17) is 20.2 Å². The van der Waals surface area contributed by atoms with Gasteiger partial charge in [-0.2, -0.15) is 0 Å². The van der Waals surface area contributed by atoms with Gasteiger partial charge in [0, 0.05) is 42.9 Å². The van der Waals surface area contributed by atoms with Crippen LogP contribution in [0.4, 0.5) is 0 Å². The number of amides is 1. The zero-order valence-electron chi connectivity index (χ0n) is 11.6. The molecule has 0 spiro atoms. The van der Waals surface area contributed by atoms with Gasteiger partial charge in [0.1, 0.15) is 16.4 Å². The van der Waals surface area contributed by atoms with E-state index in [-0.39, 0.29) is 28.7 Å². The number of carbonyl (C=O) groups is 1. The Bertz CT molecular complexity index is 603. The summed E-state index contributed by atoms with van der Waals surface area (Å²) in [7, 11) is 4.70. The van der Waals surface area contributed by atoms with Gasteiger partial charge >= 0.3 is 0 Å². The monoisotopic (exact) mass is 353 g/mol. The van der Waals surface area contributed by atoms with Crippen LogP contribution >= 0.6 is 22.0 Å². The molecule has 0 radical (unpaired) electrons. The number of hydrogen-bond donors (Lipinski definition) is 0. The molecule has 1 aliphatic heterocycles. The van der Waals surface area contributed by atoms with Gasteiger partial charge in [-0.3, -0.25) is 4.79 Å². The van der Waals surface area contributed by atoms with Gasteiger partial charge in [-0.15, -0.1) is 11.3 Å². The van der Waals surface area contributed by atoms with Gasteiger partial charge in [0.15, 0.2) is 0 Å². The highest BCUT2D eigenvalue weighted by Gasteiger charge is 2.35. The highest BCUT2D eigenvalue weighted by molar-refractivity contribution is 8.15. The molecule has 0 bridgehead atoms. The molecule has 2 heterocycles. The summed E-state index contributed by atoms with van der Waals surface area (Å²) < 4.78 is 33.0. The fourth-order valence-corrected chi connectivity index (χ4v) is 4.36. The Morgan fingerprint density at radius 2 is 1.90 bits per heavy atom. The number of likely N-dealkylation sites (tertiary alicyclic amines) is 1. The molecule has 118 valence electrons. The first kappa shape index (κ1) is 16.7. The molecule has 6 nitrogen and oxygen atoms in total. The number of carbonyl (C=O) groups excluding carboxylic acids is 1. The van der Waals surface area contributed by atoms with Crippen molar-refractivity contribution in [2.75, 3.05) is 27.3 Å². The third-order valence-electron chi connectivity index (χ3n) is 3.38. The molecule has 21 heavy (non-hydrogen) atoms. The van der Waals surface area contributed by atoms with Crippen LogP contribution in [0.1, 0.15) is 4.88 Å². The lowest BCUT2D eigenvalue weighted by Crippen LogP contribution is -2.31. The molecular formula is C12H16ClNO5S2. The molecule has 0 saturated carbocycles. The van der Waals surface area contributed by atoms with Crippen molar-refractivity contribution in [2.45, 2.75) is 22.8 Å². The molecule has 1 saturated heterocycles. The maximum atomic E-state index is 12.2. The van der Waals surface area contributed by atoms with Crippen LogP contribution in [0, 0.1) is 0 Å². The van der Waals surface area contributed by atoms with Gasteiger partial charge in [0.25, 0.3) is 9.05 Å². The quantitative estimate of drug-likeness (QED) is 0.741. The zero-order valence-corrected chi connectivity index (χ0v) is 14.0. The van der Waals surface area contributed by atoms with E-state index in [1.807, 2.05) is 0 Å². The summed E-state index contributed by atoms with van der Waals surface area (Å²) in [5, 5.41) is 0. The first-order chi connectivity index (χ1) is 9.85. The molecule has 0 N–H and O–H groups in total. The molecular weight excluding hydrogens is 338 g/mol. The molecule has 0 aromatic carbocycles. The highest BCUT2D eigenvalue weighted by Crippen LogP contribution is 2.26. The molecule has 9 heteroatoms. The minimum atomic E-state index is -3.74. The average Bonchev–Trinajstić information content (AvgIpc) is 3.03. The topological polar surface area (TPSA) is 72.9 Å². The number of rotatable bonds is 5. The predicted octanol–water partition coefficient (Wildman–Crippen LogP) is 1.09. The maximum Gasteiger partial charge on any atom is 0.270 e. The average molecular weight is 354 g/mol. The molecule has 1 aliphatic rings. The SMILES string of the molecule is COC1CN(C(=O)Cc2ccc(S(=O)(=O)Cl)s2)CC1OC. The van der Waals surface area contributed by atoms with Gasteiger partial charge in [0.2, 0.25) is 5.91 Å². The maximum absolute atomic E-state index is 12.2. The van der Waals surface area contributed by atoms with Crippen molar-refractivity contribution in [1.29, 1.82) is 0 Å². The highest BCUT2D eigenvalue weighted by atomic mass is 35.7. The lowest BCUT2D eigenvalue weighted by molar-refractivity contribution is -0.130. The smallest absolute Gasteiger partial charge is 0.270 e. The van der Waals surface area contributed by atoms with E-state index in [1.54, 1.807) is 25.2 Å². The molecule has 1 fully saturated rings. The third kappa shape index (κ3) is 3.95. The van der Waals surface area contributed by atoms with Crippen LogP contribution in [0.2, 0.25) is 0 Å². The van der Waals surface area contributed by atoms with Gasteiger partial charge in [-0.25, -0.2) is 8.42 Å². The van der Waals surface area contributed by atoms with Crippen molar-refractivity contribution in [1.82, 2.24) is 4.90 Å². The zero-order chi connectivity index (χ0) is 15.6. The first-order valence-corrected chi connectivity index (χ1v) is 9.34. The fraction of sp³-hybridized carbons (Fsp3) is 0.583. The number of nitrogens with zero attached hydrogens (tertiary/aromatic N) is 1. The van der Waals surface area contributed by atoms with Crippen LogP contribution in [-0.4, -0.2) is 58.7 Å². The Labute approximate surface area is 132 Å². The summed E-state index contributed by atoms with van der Waals surface area (Å²) in [6, 6.07) is 3.02. The number of ether oxygens (including phenoxy) is 2. The normalized spacial score (nSPS) is 22.7. The lowest BCUT2D eigenvalue weighted by atomic mass is 10.3. The van der Waals surface area contributed by atoms with Crippen molar-refractivity contribution in [3.63, 3.8) is 0 Å². The summed E-state index contributed by atoms with van der Waals surface area (Å²) in [6.45, 7) is 0.944. The van der Waals surface area contributed by atoms with Crippen LogP contribution in [0.15, 0.2) is 16.3 Å².